The molecule has 1 N–H and O–H groups in total. The van der Waals surface area contributed by atoms with Gasteiger partial charge in [-0.15, -0.1) is 11.8 Å². The van der Waals surface area contributed by atoms with Crippen LogP contribution in [0.2, 0.25) is 0 Å². The lowest BCUT2D eigenvalue weighted by Gasteiger charge is -1.98. The van der Waals surface area contributed by atoms with Crippen molar-refractivity contribution in [1.29, 1.82) is 5.26 Å². The lowest BCUT2D eigenvalue weighted by Crippen LogP contribution is -2.10. The predicted octanol–water partition coefficient (Wildman–Crippen LogP) is 1.57. The number of hydrogen-bond acceptors (Lipinski definition) is 3. The summed E-state index contributed by atoms with van der Waals surface area (Å²) in [5, 5.41) is 9.30. The van der Waals surface area contributed by atoms with Crippen LogP contribution in [0, 0.1) is 14.9 Å². The van der Waals surface area contributed by atoms with Crippen LogP contribution in [-0.4, -0.2) is 11.2 Å². The summed E-state index contributed by atoms with van der Waals surface area (Å²) in [4.78, 5) is 13.7. The second-order valence-corrected chi connectivity index (χ2v) is 3.98. The van der Waals surface area contributed by atoms with Crippen LogP contribution in [-0.2, 0) is 0 Å². The fraction of sp³-hybridized carbons (Fsp3) is 0.143. The highest BCUT2D eigenvalue weighted by atomic mass is 127. The molecular formula is C7H5IN2OS. The molecule has 3 nitrogen and oxygen atoms in total. The summed E-state index contributed by atoms with van der Waals surface area (Å²) in [5.41, 5.74) is 0.380. The monoisotopic (exact) mass is 292 g/mol. The van der Waals surface area contributed by atoms with Crippen LogP contribution in [0.5, 0.6) is 0 Å². The highest BCUT2D eigenvalue weighted by Gasteiger charge is 2.04. The lowest BCUT2D eigenvalue weighted by atomic mass is 10.3. The third kappa shape index (κ3) is 1.81. The van der Waals surface area contributed by atoms with Gasteiger partial charge in [0, 0.05) is 0 Å². The molecule has 12 heavy (non-hydrogen) atoms. The number of nitrogens with zero attached hydrogens (tertiary/aromatic N) is 1. The van der Waals surface area contributed by atoms with Gasteiger partial charge in [0.15, 0.2) is 0 Å². The van der Waals surface area contributed by atoms with Crippen LogP contribution in [0.25, 0.3) is 0 Å². The van der Waals surface area contributed by atoms with Crippen molar-refractivity contribution >= 4 is 34.4 Å². The number of thioether (sulfide) groups is 1. The molecule has 0 saturated heterocycles. The molecule has 0 atom stereocenters. The Morgan fingerprint density at radius 1 is 1.75 bits per heavy atom. The molecule has 0 radical (unpaired) electrons. The van der Waals surface area contributed by atoms with E-state index in [1.807, 2.05) is 34.9 Å². The van der Waals surface area contributed by atoms with Crippen molar-refractivity contribution in [2.75, 3.05) is 6.26 Å². The first kappa shape index (κ1) is 9.61. The van der Waals surface area contributed by atoms with E-state index in [4.69, 9.17) is 5.26 Å². The zero-order valence-corrected chi connectivity index (χ0v) is 9.19. The van der Waals surface area contributed by atoms with E-state index in [0.29, 0.717) is 14.2 Å². The largest absolute Gasteiger partial charge is 0.315 e. The maximum absolute atomic E-state index is 11.1. The quantitative estimate of drug-likeness (QED) is 0.631. The summed E-state index contributed by atoms with van der Waals surface area (Å²) in [6, 6.07) is 3.61. The van der Waals surface area contributed by atoms with Crippen LogP contribution in [0.4, 0.5) is 0 Å². The van der Waals surface area contributed by atoms with E-state index in [1.165, 1.54) is 11.8 Å². The highest BCUT2D eigenvalue weighted by molar-refractivity contribution is 14.1. The SMILES string of the molecule is CSc1[nH]c(=O)c(I)cc1C#N. The van der Waals surface area contributed by atoms with E-state index < -0.39 is 0 Å². The van der Waals surface area contributed by atoms with Crippen LogP contribution in [0.3, 0.4) is 0 Å². The molecule has 1 heterocycles. The summed E-state index contributed by atoms with van der Waals surface area (Å²) >= 11 is 3.26. The van der Waals surface area contributed by atoms with Crippen LogP contribution >= 0.6 is 34.4 Å². The van der Waals surface area contributed by atoms with E-state index in [9.17, 15) is 4.79 Å². The Bertz CT molecular complexity index is 393. The lowest BCUT2D eigenvalue weighted by molar-refractivity contribution is 1.05. The molecule has 0 spiro atoms. The van der Waals surface area contributed by atoms with E-state index in [0.717, 1.165) is 0 Å². The molecule has 0 fully saturated rings. The molecule has 1 rings (SSSR count). The Labute approximate surface area is 87.3 Å². The maximum atomic E-state index is 11.1. The third-order valence-corrected chi connectivity index (χ3v) is 2.82. The van der Waals surface area contributed by atoms with Gasteiger partial charge >= 0.3 is 0 Å². The van der Waals surface area contributed by atoms with Crippen molar-refractivity contribution < 1.29 is 0 Å². The van der Waals surface area contributed by atoms with Crippen molar-refractivity contribution in [3.05, 3.63) is 25.6 Å². The average molecular weight is 292 g/mol. The van der Waals surface area contributed by atoms with Crippen LogP contribution in [0.1, 0.15) is 5.56 Å². The Morgan fingerprint density at radius 3 is 2.92 bits per heavy atom. The molecule has 0 aliphatic rings. The number of halogens is 1. The van der Waals surface area contributed by atoms with Gasteiger partial charge in [-0.05, 0) is 34.9 Å². The maximum Gasteiger partial charge on any atom is 0.262 e. The summed E-state index contributed by atoms with van der Waals surface area (Å²) < 4.78 is 0.543. The molecule has 5 heteroatoms. The van der Waals surface area contributed by atoms with Crippen molar-refractivity contribution in [3.63, 3.8) is 0 Å². The Hall–Kier alpha value is -0.480. The minimum atomic E-state index is -0.140. The summed E-state index contributed by atoms with van der Waals surface area (Å²) in [6.07, 6.45) is 1.82. The fourth-order valence-electron chi connectivity index (χ4n) is 0.732. The predicted molar refractivity (Wildman–Crippen MR) is 56.3 cm³/mol. The normalized spacial score (nSPS) is 9.42. The second kappa shape index (κ2) is 3.96. The molecule has 0 amide bonds. The number of nitriles is 1. The first-order chi connectivity index (χ1) is 5.69. The van der Waals surface area contributed by atoms with Gasteiger partial charge in [-0.2, -0.15) is 5.26 Å². The van der Waals surface area contributed by atoms with E-state index >= 15 is 0 Å². The molecule has 0 aliphatic heterocycles. The van der Waals surface area contributed by atoms with Crippen LogP contribution < -0.4 is 5.56 Å². The number of nitrogens with one attached hydrogen (secondary N) is 1. The molecule has 62 valence electrons. The van der Waals surface area contributed by atoms with Crippen molar-refractivity contribution in [1.82, 2.24) is 4.98 Å². The summed E-state index contributed by atoms with van der Waals surface area (Å²) in [7, 11) is 0. The number of hydrogen-bond donors (Lipinski definition) is 1. The smallest absolute Gasteiger partial charge is 0.262 e. The van der Waals surface area contributed by atoms with Gasteiger partial charge in [0.2, 0.25) is 0 Å². The Balaban J connectivity index is 3.42. The van der Waals surface area contributed by atoms with Gasteiger partial charge in [-0.25, -0.2) is 0 Å². The fourth-order valence-corrected chi connectivity index (χ4v) is 1.70. The molecule has 0 aromatic carbocycles. The minimum Gasteiger partial charge on any atom is -0.315 e. The zero-order chi connectivity index (χ0) is 9.14. The molecule has 0 aliphatic carbocycles. The molecule has 1 aromatic rings. The number of pyridine rings is 1. The molecule has 1 aromatic heterocycles. The second-order valence-electron chi connectivity index (χ2n) is 2.01. The first-order valence-electron chi connectivity index (χ1n) is 3.06. The average Bonchev–Trinajstić information content (AvgIpc) is 2.09. The minimum absolute atomic E-state index is 0.140. The van der Waals surface area contributed by atoms with Crippen molar-refractivity contribution in [2.45, 2.75) is 5.03 Å². The highest BCUT2D eigenvalue weighted by Crippen LogP contribution is 2.15. The van der Waals surface area contributed by atoms with Gasteiger partial charge in [-0.1, -0.05) is 0 Å². The molecular weight excluding hydrogens is 287 g/mol. The molecule has 0 saturated carbocycles. The topological polar surface area (TPSA) is 56.6 Å². The van der Waals surface area contributed by atoms with Crippen molar-refractivity contribution in [2.24, 2.45) is 0 Å². The Kier molecular flexibility index (Phi) is 3.17. The van der Waals surface area contributed by atoms with Gasteiger partial charge in [0.1, 0.15) is 6.07 Å². The summed E-state index contributed by atoms with van der Waals surface area (Å²) in [5.74, 6) is 0. The number of H-pyrrole nitrogens is 1. The van der Waals surface area contributed by atoms with Crippen molar-refractivity contribution in [3.8, 4) is 6.07 Å². The summed E-state index contributed by atoms with van der Waals surface area (Å²) in [6.45, 7) is 0. The van der Waals surface area contributed by atoms with Crippen LogP contribution in [0.15, 0.2) is 15.9 Å². The number of aromatic nitrogens is 1. The van der Waals surface area contributed by atoms with Gasteiger partial charge < -0.3 is 4.98 Å². The Morgan fingerprint density at radius 2 is 2.42 bits per heavy atom. The molecule has 0 unspecified atom stereocenters. The molecule has 0 bridgehead atoms. The number of aromatic amines is 1. The van der Waals surface area contributed by atoms with Gasteiger partial charge in [0.05, 0.1) is 14.2 Å². The van der Waals surface area contributed by atoms with E-state index in [2.05, 4.69) is 4.98 Å². The van der Waals surface area contributed by atoms with E-state index in [1.54, 1.807) is 6.07 Å². The third-order valence-electron chi connectivity index (χ3n) is 1.28. The van der Waals surface area contributed by atoms with E-state index in [-0.39, 0.29) is 5.56 Å². The first-order valence-corrected chi connectivity index (χ1v) is 5.36. The standard InChI is InChI=1S/C7H5IN2OS/c1-12-7-4(3-9)2-5(8)6(11)10-7/h2H,1H3,(H,10,11). The number of rotatable bonds is 1. The van der Waals surface area contributed by atoms with Gasteiger partial charge in [-0.3, -0.25) is 4.79 Å². The van der Waals surface area contributed by atoms with Gasteiger partial charge in [0.25, 0.3) is 5.56 Å². The zero-order valence-electron chi connectivity index (χ0n) is 6.22.